The maximum atomic E-state index is 10.1. The quantitative estimate of drug-likeness (QED) is 0.793. The summed E-state index contributed by atoms with van der Waals surface area (Å²) in [5.41, 5.74) is -0.184. The van der Waals surface area contributed by atoms with Crippen LogP contribution in [0.1, 0.15) is 26.5 Å². The van der Waals surface area contributed by atoms with Crippen molar-refractivity contribution in [3.63, 3.8) is 0 Å². The standard InChI is InChI=1S/C11H16N2O/c1-9(2)11(3,14)8-13-6-4-5-10(13)7-12/h4-6,9,14H,8H2,1-3H3. The molecule has 1 N–H and O–H groups in total. The lowest BCUT2D eigenvalue weighted by Crippen LogP contribution is -2.36. The third-order valence-corrected chi connectivity index (χ3v) is 2.68. The predicted molar refractivity (Wildman–Crippen MR) is 54.6 cm³/mol. The largest absolute Gasteiger partial charge is 0.388 e. The zero-order chi connectivity index (χ0) is 10.8. The van der Waals surface area contributed by atoms with Crippen molar-refractivity contribution < 1.29 is 5.11 Å². The van der Waals surface area contributed by atoms with Gasteiger partial charge in [0.2, 0.25) is 0 Å². The Hall–Kier alpha value is -1.27. The first-order chi connectivity index (χ1) is 6.47. The van der Waals surface area contributed by atoms with Crippen LogP contribution in [-0.2, 0) is 6.54 Å². The molecule has 0 bridgehead atoms. The number of nitrogens with zero attached hydrogens (tertiary/aromatic N) is 2. The van der Waals surface area contributed by atoms with Gasteiger partial charge < -0.3 is 9.67 Å². The van der Waals surface area contributed by atoms with Crippen molar-refractivity contribution in [1.29, 1.82) is 5.26 Å². The van der Waals surface area contributed by atoms with E-state index >= 15 is 0 Å². The SMILES string of the molecule is CC(C)C(C)(O)Cn1cccc1C#N. The van der Waals surface area contributed by atoms with E-state index in [0.717, 1.165) is 0 Å². The highest BCUT2D eigenvalue weighted by Gasteiger charge is 2.25. The maximum Gasteiger partial charge on any atom is 0.120 e. The molecule has 0 spiro atoms. The minimum absolute atomic E-state index is 0.163. The molecule has 0 aliphatic heterocycles. The van der Waals surface area contributed by atoms with Gasteiger partial charge in [0.15, 0.2) is 0 Å². The number of hydrogen-bond donors (Lipinski definition) is 1. The van der Waals surface area contributed by atoms with Crippen LogP contribution in [0.3, 0.4) is 0 Å². The first-order valence-corrected chi connectivity index (χ1v) is 4.75. The van der Waals surface area contributed by atoms with Crippen LogP contribution in [0.15, 0.2) is 18.3 Å². The number of rotatable bonds is 3. The van der Waals surface area contributed by atoms with Gasteiger partial charge in [-0.3, -0.25) is 0 Å². The van der Waals surface area contributed by atoms with Gasteiger partial charge >= 0.3 is 0 Å². The van der Waals surface area contributed by atoms with Crippen LogP contribution in [0, 0.1) is 17.2 Å². The van der Waals surface area contributed by atoms with Crippen molar-refractivity contribution in [3.8, 4) is 6.07 Å². The van der Waals surface area contributed by atoms with Crippen LogP contribution in [-0.4, -0.2) is 15.3 Å². The molecule has 0 saturated heterocycles. The van der Waals surface area contributed by atoms with E-state index in [9.17, 15) is 5.11 Å². The molecule has 1 atom stereocenters. The fourth-order valence-corrected chi connectivity index (χ4v) is 1.18. The van der Waals surface area contributed by atoms with Crippen molar-refractivity contribution in [3.05, 3.63) is 24.0 Å². The number of aromatic nitrogens is 1. The highest BCUT2D eigenvalue weighted by Crippen LogP contribution is 2.19. The topological polar surface area (TPSA) is 49.0 Å². The molecule has 1 aromatic heterocycles. The highest BCUT2D eigenvalue weighted by atomic mass is 16.3. The van der Waals surface area contributed by atoms with Crippen molar-refractivity contribution in [2.75, 3.05) is 0 Å². The average molecular weight is 192 g/mol. The molecule has 3 heteroatoms. The normalized spacial score (nSPS) is 15.1. The van der Waals surface area contributed by atoms with Crippen molar-refractivity contribution in [2.45, 2.75) is 32.9 Å². The molecule has 1 aromatic rings. The summed E-state index contributed by atoms with van der Waals surface area (Å²) in [6.45, 7) is 6.18. The van der Waals surface area contributed by atoms with Gasteiger partial charge in [0, 0.05) is 6.20 Å². The summed E-state index contributed by atoms with van der Waals surface area (Å²) in [7, 11) is 0. The fraction of sp³-hybridized carbons (Fsp3) is 0.545. The van der Waals surface area contributed by atoms with Gasteiger partial charge in [0.1, 0.15) is 11.8 Å². The van der Waals surface area contributed by atoms with Gasteiger partial charge in [0.25, 0.3) is 0 Å². The van der Waals surface area contributed by atoms with E-state index in [-0.39, 0.29) is 5.92 Å². The molecule has 0 radical (unpaired) electrons. The molecule has 1 unspecified atom stereocenters. The Morgan fingerprint density at radius 1 is 1.64 bits per heavy atom. The first-order valence-electron chi connectivity index (χ1n) is 4.75. The van der Waals surface area contributed by atoms with Gasteiger partial charge in [-0.05, 0) is 25.0 Å². The molecular weight excluding hydrogens is 176 g/mol. The summed E-state index contributed by atoms with van der Waals surface area (Å²) >= 11 is 0. The summed E-state index contributed by atoms with van der Waals surface area (Å²) in [6, 6.07) is 5.65. The Bertz CT molecular complexity index is 344. The molecular formula is C11H16N2O. The second kappa shape index (κ2) is 3.85. The Morgan fingerprint density at radius 3 is 2.79 bits per heavy atom. The van der Waals surface area contributed by atoms with E-state index in [2.05, 4.69) is 6.07 Å². The van der Waals surface area contributed by atoms with E-state index in [4.69, 9.17) is 5.26 Å². The lowest BCUT2D eigenvalue weighted by Gasteiger charge is -2.28. The molecule has 76 valence electrons. The fourth-order valence-electron chi connectivity index (χ4n) is 1.18. The molecule has 0 aliphatic carbocycles. The van der Waals surface area contributed by atoms with Gasteiger partial charge in [-0.15, -0.1) is 0 Å². The lowest BCUT2D eigenvalue weighted by molar-refractivity contribution is -0.00280. The van der Waals surface area contributed by atoms with Gasteiger partial charge in [-0.25, -0.2) is 0 Å². The van der Waals surface area contributed by atoms with Crippen LogP contribution in [0.5, 0.6) is 0 Å². The third kappa shape index (κ3) is 2.15. The second-order valence-electron chi connectivity index (χ2n) is 4.15. The van der Waals surface area contributed by atoms with Crippen LogP contribution in [0.2, 0.25) is 0 Å². The molecule has 0 aliphatic rings. The summed E-state index contributed by atoms with van der Waals surface area (Å²) in [5.74, 6) is 0.163. The number of hydrogen-bond acceptors (Lipinski definition) is 2. The Labute approximate surface area is 84.6 Å². The maximum absolute atomic E-state index is 10.1. The van der Waals surface area contributed by atoms with E-state index in [0.29, 0.717) is 12.2 Å². The average Bonchev–Trinajstić information content (AvgIpc) is 2.50. The Kier molecular flexibility index (Phi) is 2.97. The molecule has 1 heterocycles. The molecule has 0 saturated carbocycles. The summed E-state index contributed by atoms with van der Waals surface area (Å²) in [5, 5.41) is 18.8. The summed E-state index contributed by atoms with van der Waals surface area (Å²) < 4.78 is 1.78. The lowest BCUT2D eigenvalue weighted by atomic mass is 9.92. The first kappa shape index (κ1) is 10.8. The van der Waals surface area contributed by atoms with E-state index in [1.165, 1.54) is 0 Å². The van der Waals surface area contributed by atoms with Crippen molar-refractivity contribution in [1.82, 2.24) is 4.57 Å². The van der Waals surface area contributed by atoms with Crippen LogP contribution < -0.4 is 0 Å². The Morgan fingerprint density at radius 2 is 2.29 bits per heavy atom. The van der Waals surface area contributed by atoms with E-state index < -0.39 is 5.60 Å². The smallest absolute Gasteiger partial charge is 0.120 e. The monoisotopic (exact) mass is 192 g/mol. The minimum atomic E-state index is -0.773. The van der Waals surface area contributed by atoms with Crippen molar-refractivity contribution >= 4 is 0 Å². The molecule has 0 fully saturated rings. The van der Waals surface area contributed by atoms with Gasteiger partial charge in [-0.1, -0.05) is 13.8 Å². The zero-order valence-electron chi connectivity index (χ0n) is 8.86. The number of nitriles is 1. The van der Waals surface area contributed by atoms with Crippen LogP contribution in [0.25, 0.3) is 0 Å². The van der Waals surface area contributed by atoms with Crippen LogP contribution in [0.4, 0.5) is 0 Å². The van der Waals surface area contributed by atoms with E-state index in [1.807, 2.05) is 26.1 Å². The van der Waals surface area contributed by atoms with Crippen molar-refractivity contribution in [2.24, 2.45) is 5.92 Å². The molecule has 14 heavy (non-hydrogen) atoms. The predicted octanol–water partition coefficient (Wildman–Crippen LogP) is 1.77. The van der Waals surface area contributed by atoms with Gasteiger partial charge in [-0.2, -0.15) is 5.26 Å². The second-order valence-corrected chi connectivity index (χ2v) is 4.15. The summed E-state index contributed by atoms with van der Waals surface area (Å²) in [6.07, 6.45) is 1.81. The zero-order valence-corrected chi connectivity index (χ0v) is 8.86. The molecule has 1 rings (SSSR count). The Balaban J connectivity index is 2.84. The van der Waals surface area contributed by atoms with E-state index in [1.54, 1.807) is 17.6 Å². The third-order valence-electron chi connectivity index (χ3n) is 2.68. The molecule has 3 nitrogen and oxygen atoms in total. The minimum Gasteiger partial charge on any atom is -0.388 e. The van der Waals surface area contributed by atoms with Crippen LogP contribution >= 0.6 is 0 Å². The molecule has 0 amide bonds. The van der Waals surface area contributed by atoms with Gasteiger partial charge in [0.05, 0.1) is 12.1 Å². The highest BCUT2D eigenvalue weighted by molar-refractivity contribution is 5.22. The summed E-state index contributed by atoms with van der Waals surface area (Å²) in [4.78, 5) is 0. The number of aliphatic hydroxyl groups is 1. The molecule has 0 aromatic carbocycles.